The minimum absolute atomic E-state index is 0.0879. The molecule has 0 aliphatic carbocycles. The Morgan fingerprint density at radius 2 is 1.95 bits per heavy atom. The summed E-state index contributed by atoms with van der Waals surface area (Å²) in [5.41, 5.74) is 1.42. The average Bonchev–Trinajstić information content (AvgIpc) is 2.47. The molecule has 0 radical (unpaired) electrons. The van der Waals surface area contributed by atoms with Gasteiger partial charge in [-0.1, -0.05) is 63.4 Å². The Bertz CT molecular complexity index is 679. The third kappa shape index (κ3) is 4.71. The van der Waals surface area contributed by atoms with Gasteiger partial charge in [-0.05, 0) is 23.8 Å². The van der Waals surface area contributed by atoms with E-state index >= 15 is 0 Å². The van der Waals surface area contributed by atoms with E-state index in [0.29, 0.717) is 15.6 Å². The fourth-order valence-electron chi connectivity index (χ4n) is 1.97. The van der Waals surface area contributed by atoms with E-state index in [2.05, 4.69) is 21.2 Å². The zero-order valence-electron chi connectivity index (χ0n) is 11.5. The summed E-state index contributed by atoms with van der Waals surface area (Å²) < 4.78 is 0.881. The molecule has 2 N–H and O–H groups in total. The third-order valence-electron chi connectivity index (χ3n) is 3.12. The number of rotatable bonds is 5. The van der Waals surface area contributed by atoms with Crippen LogP contribution in [0.15, 0.2) is 46.9 Å². The van der Waals surface area contributed by atoms with Crippen molar-refractivity contribution in [2.75, 3.05) is 6.54 Å². The predicted octanol–water partition coefficient (Wildman–Crippen LogP) is 4.15. The predicted molar refractivity (Wildman–Crippen MR) is 92.3 cm³/mol. The third-order valence-corrected chi connectivity index (χ3v) is 4.46. The summed E-state index contributed by atoms with van der Waals surface area (Å²) in [6.07, 6.45) is -0.643. The molecule has 0 saturated carbocycles. The molecule has 0 spiro atoms. The van der Waals surface area contributed by atoms with Crippen LogP contribution in [0.1, 0.15) is 17.2 Å². The number of hydrogen-bond acceptors (Lipinski definition) is 2. The SMILES string of the molecule is O=C(Cc1ccccc1Br)NCC(O)c1ccc(Cl)cc1Cl. The molecule has 22 heavy (non-hydrogen) atoms. The van der Waals surface area contributed by atoms with Crippen LogP contribution in [-0.4, -0.2) is 17.6 Å². The van der Waals surface area contributed by atoms with Crippen LogP contribution in [0.4, 0.5) is 0 Å². The van der Waals surface area contributed by atoms with Crippen molar-refractivity contribution in [1.82, 2.24) is 5.32 Å². The summed E-state index contributed by atoms with van der Waals surface area (Å²) >= 11 is 15.2. The fraction of sp³-hybridized carbons (Fsp3) is 0.188. The number of carbonyl (C=O) groups excluding carboxylic acids is 1. The number of aliphatic hydroxyl groups excluding tert-OH is 1. The Morgan fingerprint density at radius 1 is 1.23 bits per heavy atom. The van der Waals surface area contributed by atoms with Gasteiger partial charge in [-0.15, -0.1) is 0 Å². The second kappa shape index (κ2) is 7.97. The maximum Gasteiger partial charge on any atom is 0.224 e. The van der Waals surface area contributed by atoms with E-state index in [1.165, 1.54) is 0 Å². The van der Waals surface area contributed by atoms with E-state index in [1.807, 2.05) is 24.3 Å². The van der Waals surface area contributed by atoms with Crippen molar-refractivity contribution in [1.29, 1.82) is 0 Å². The zero-order valence-corrected chi connectivity index (χ0v) is 14.6. The highest BCUT2D eigenvalue weighted by atomic mass is 79.9. The van der Waals surface area contributed by atoms with Gasteiger partial charge >= 0.3 is 0 Å². The number of hydrogen-bond donors (Lipinski definition) is 2. The number of benzene rings is 2. The first-order valence-electron chi connectivity index (χ1n) is 6.60. The second-order valence-corrected chi connectivity index (χ2v) is 6.45. The van der Waals surface area contributed by atoms with Crippen LogP contribution in [-0.2, 0) is 11.2 Å². The van der Waals surface area contributed by atoms with Gasteiger partial charge in [-0.3, -0.25) is 4.79 Å². The molecule has 1 amide bonds. The Balaban J connectivity index is 1.92. The summed E-state index contributed by atoms with van der Waals surface area (Å²) in [6, 6.07) is 12.4. The molecular formula is C16H14BrCl2NO2. The molecule has 0 saturated heterocycles. The molecule has 1 atom stereocenters. The first kappa shape index (κ1) is 17.3. The quantitative estimate of drug-likeness (QED) is 0.789. The maximum atomic E-state index is 11.9. The lowest BCUT2D eigenvalue weighted by molar-refractivity contribution is -0.120. The molecule has 2 rings (SSSR count). The van der Waals surface area contributed by atoms with Crippen molar-refractivity contribution in [2.24, 2.45) is 0 Å². The lowest BCUT2D eigenvalue weighted by Gasteiger charge is -2.14. The first-order chi connectivity index (χ1) is 10.5. The van der Waals surface area contributed by atoms with Crippen LogP contribution >= 0.6 is 39.1 Å². The van der Waals surface area contributed by atoms with E-state index in [4.69, 9.17) is 23.2 Å². The second-order valence-electron chi connectivity index (χ2n) is 4.75. The van der Waals surface area contributed by atoms with Crippen LogP contribution in [0.5, 0.6) is 0 Å². The van der Waals surface area contributed by atoms with Crippen LogP contribution in [0.3, 0.4) is 0 Å². The zero-order chi connectivity index (χ0) is 16.1. The van der Waals surface area contributed by atoms with Gasteiger partial charge < -0.3 is 10.4 Å². The highest BCUT2D eigenvalue weighted by molar-refractivity contribution is 9.10. The number of halogens is 3. The van der Waals surface area contributed by atoms with E-state index in [1.54, 1.807) is 18.2 Å². The lowest BCUT2D eigenvalue weighted by Crippen LogP contribution is -2.29. The molecule has 6 heteroatoms. The monoisotopic (exact) mass is 401 g/mol. The molecular weight excluding hydrogens is 389 g/mol. The summed E-state index contributed by atoms with van der Waals surface area (Å²) in [5.74, 6) is -0.170. The van der Waals surface area contributed by atoms with Crippen LogP contribution in [0.2, 0.25) is 10.0 Å². The smallest absolute Gasteiger partial charge is 0.224 e. The van der Waals surface area contributed by atoms with Gasteiger partial charge in [0.25, 0.3) is 0 Å². The maximum absolute atomic E-state index is 11.9. The average molecular weight is 403 g/mol. The highest BCUT2D eigenvalue weighted by Crippen LogP contribution is 2.26. The van der Waals surface area contributed by atoms with Gasteiger partial charge in [0.05, 0.1) is 12.5 Å². The Labute approximate surface area is 147 Å². The van der Waals surface area contributed by atoms with Gasteiger partial charge in [0.2, 0.25) is 5.91 Å². The first-order valence-corrected chi connectivity index (χ1v) is 8.15. The molecule has 0 fully saturated rings. The van der Waals surface area contributed by atoms with Gasteiger partial charge in [0.15, 0.2) is 0 Å². The summed E-state index contributed by atoms with van der Waals surface area (Å²) in [6.45, 7) is 0.0879. The van der Waals surface area contributed by atoms with E-state index < -0.39 is 6.10 Å². The fourth-order valence-corrected chi connectivity index (χ4v) is 2.93. The Hall–Kier alpha value is -1.07. The molecule has 2 aromatic rings. The Morgan fingerprint density at radius 3 is 2.64 bits per heavy atom. The number of carbonyl (C=O) groups is 1. The van der Waals surface area contributed by atoms with Gasteiger partial charge in [0.1, 0.15) is 0 Å². The molecule has 0 aliphatic heterocycles. The summed E-state index contributed by atoms with van der Waals surface area (Å²) in [7, 11) is 0. The standard InChI is InChI=1S/C16H14BrCl2NO2/c17-13-4-2-1-3-10(13)7-16(22)20-9-15(21)12-6-5-11(18)8-14(12)19/h1-6,8,15,21H,7,9H2,(H,20,22). The van der Waals surface area contributed by atoms with Crippen molar-refractivity contribution in [2.45, 2.75) is 12.5 Å². The molecule has 116 valence electrons. The number of amides is 1. The molecule has 0 aliphatic rings. The van der Waals surface area contributed by atoms with Crippen molar-refractivity contribution in [3.63, 3.8) is 0 Å². The largest absolute Gasteiger partial charge is 0.387 e. The van der Waals surface area contributed by atoms with Crippen molar-refractivity contribution in [3.05, 3.63) is 68.1 Å². The van der Waals surface area contributed by atoms with E-state index in [0.717, 1.165) is 10.0 Å². The van der Waals surface area contributed by atoms with E-state index in [-0.39, 0.29) is 18.9 Å². The number of nitrogens with one attached hydrogen (secondary N) is 1. The number of aliphatic hydroxyl groups is 1. The summed E-state index contributed by atoms with van der Waals surface area (Å²) in [4.78, 5) is 11.9. The minimum Gasteiger partial charge on any atom is -0.387 e. The molecule has 0 heterocycles. The van der Waals surface area contributed by atoms with Gasteiger partial charge in [-0.2, -0.15) is 0 Å². The summed E-state index contributed by atoms with van der Waals surface area (Å²) in [5, 5.41) is 13.7. The van der Waals surface area contributed by atoms with E-state index in [9.17, 15) is 9.90 Å². The van der Waals surface area contributed by atoms with Crippen LogP contribution < -0.4 is 5.32 Å². The Kier molecular flexibility index (Phi) is 6.26. The van der Waals surface area contributed by atoms with Gasteiger partial charge in [-0.25, -0.2) is 0 Å². The van der Waals surface area contributed by atoms with Crippen molar-refractivity contribution < 1.29 is 9.90 Å². The molecule has 1 unspecified atom stereocenters. The van der Waals surface area contributed by atoms with Crippen molar-refractivity contribution >= 4 is 45.0 Å². The normalized spacial score (nSPS) is 12.0. The highest BCUT2D eigenvalue weighted by Gasteiger charge is 2.14. The molecule has 0 bridgehead atoms. The van der Waals surface area contributed by atoms with Crippen molar-refractivity contribution in [3.8, 4) is 0 Å². The molecule has 3 nitrogen and oxygen atoms in total. The van der Waals surface area contributed by atoms with Crippen LogP contribution in [0, 0.1) is 0 Å². The molecule has 2 aromatic carbocycles. The molecule has 0 aromatic heterocycles. The lowest BCUT2D eigenvalue weighted by atomic mass is 10.1. The topological polar surface area (TPSA) is 49.3 Å². The van der Waals surface area contributed by atoms with Gasteiger partial charge in [0, 0.05) is 26.6 Å². The minimum atomic E-state index is -0.882. The van der Waals surface area contributed by atoms with Crippen LogP contribution in [0.25, 0.3) is 0 Å².